The van der Waals surface area contributed by atoms with Gasteiger partial charge in [0.1, 0.15) is 0 Å². The minimum atomic E-state index is 0.917. The summed E-state index contributed by atoms with van der Waals surface area (Å²) < 4.78 is 0.917. The Balaban J connectivity index is 2.32. The number of nitrogens with one attached hydrogen (secondary N) is 1. The lowest BCUT2D eigenvalue weighted by molar-refractivity contribution is -0.0126. The second kappa shape index (κ2) is 1.51. The Bertz CT molecular complexity index is 65.9. The topological polar surface area (TPSA) is 35.5 Å². The van der Waals surface area contributed by atoms with Crippen LogP contribution in [0.5, 0.6) is 0 Å². The second-order valence-electron chi connectivity index (χ2n) is 0.810. The van der Waals surface area contributed by atoms with Crippen molar-refractivity contribution in [1.29, 1.82) is 0 Å². The van der Waals surface area contributed by atoms with E-state index < -0.39 is 0 Å². The molecule has 1 aliphatic rings. The number of rotatable bonds is 0. The zero-order chi connectivity index (χ0) is 4.41. The first kappa shape index (κ1) is 3.98. The van der Waals surface area contributed by atoms with Crippen LogP contribution in [-0.4, -0.2) is 9.78 Å². The molecule has 0 saturated heterocycles. The summed E-state index contributed by atoms with van der Waals surface area (Å²) in [5.41, 5.74) is 2.49. The molecule has 0 fully saturated rings. The molecule has 3 nitrogen and oxygen atoms in total. The normalized spacial score (nSPS) is 21.5. The van der Waals surface area contributed by atoms with Gasteiger partial charge >= 0.3 is 0 Å². The van der Waals surface area contributed by atoms with E-state index in [1.807, 2.05) is 0 Å². The zero-order valence-electron chi connectivity index (χ0n) is 2.96. The largest absolute Gasteiger partial charge is 0.293 e. The maximum atomic E-state index is 8.35. The van der Waals surface area contributed by atoms with E-state index in [0.717, 1.165) is 4.58 Å². The third-order valence-corrected chi connectivity index (χ3v) is 0.977. The number of hydrogen-bond acceptors (Lipinski definition) is 4. The van der Waals surface area contributed by atoms with Crippen LogP contribution in [0.4, 0.5) is 0 Å². The van der Waals surface area contributed by atoms with Crippen molar-refractivity contribution in [1.82, 2.24) is 10.0 Å². The summed E-state index contributed by atoms with van der Waals surface area (Å²) >= 11 is 1.19. The molecule has 1 rings (SSSR count). The first-order valence-corrected chi connectivity index (χ1v) is 2.30. The Morgan fingerprint density at radius 3 is 2.83 bits per heavy atom. The molecule has 1 aliphatic heterocycles. The predicted octanol–water partition coefficient (Wildman–Crippen LogP) is 0.315. The molecule has 0 aromatic carbocycles. The standard InChI is InChI=1S/C2H4N2OS/c5-4-3-1-2-6-4/h1-3,5H. The highest BCUT2D eigenvalue weighted by Gasteiger charge is 1.96. The molecule has 34 valence electrons. The summed E-state index contributed by atoms with van der Waals surface area (Å²) in [6, 6.07) is 0. The fourth-order valence-electron chi connectivity index (χ4n) is 0.213. The average Bonchev–Trinajstić information content (AvgIpc) is 1.86. The molecule has 0 spiro atoms. The number of nitrogens with zero attached hydrogens (tertiary/aromatic N) is 1. The lowest BCUT2D eigenvalue weighted by Gasteiger charge is -1.99. The van der Waals surface area contributed by atoms with Gasteiger partial charge in [0.2, 0.25) is 0 Å². The summed E-state index contributed by atoms with van der Waals surface area (Å²) in [7, 11) is 0. The third kappa shape index (κ3) is 0.649. The maximum Gasteiger partial charge on any atom is 0.0237 e. The zero-order valence-corrected chi connectivity index (χ0v) is 3.77. The van der Waals surface area contributed by atoms with Crippen LogP contribution in [0.3, 0.4) is 0 Å². The van der Waals surface area contributed by atoms with Gasteiger partial charge in [0.25, 0.3) is 0 Å². The molecule has 0 aliphatic carbocycles. The van der Waals surface area contributed by atoms with Crippen molar-refractivity contribution in [3.8, 4) is 0 Å². The van der Waals surface area contributed by atoms with Crippen molar-refractivity contribution in [3.05, 3.63) is 11.6 Å². The molecule has 0 unspecified atom stereocenters. The van der Waals surface area contributed by atoms with E-state index in [9.17, 15) is 0 Å². The Hall–Kier alpha value is -0.190. The van der Waals surface area contributed by atoms with Crippen molar-refractivity contribution in [2.75, 3.05) is 0 Å². The first-order valence-electron chi connectivity index (χ1n) is 1.46. The molecule has 0 aromatic heterocycles. The van der Waals surface area contributed by atoms with Gasteiger partial charge in [-0.05, 0) is 4.58 Å². The molecule has 0 saturated carbocycles. The van der Waals surface area contributed by atoms with Crippen LogP contribution in [0.2, 0.25) is 0 Å². The smallest absolute Gasteiger partial charge is 0.0237 e. The van der Waals surface area contributed by atoms with E-state index in [4.69, 9.17) is 5.21 Å². The van der Waals surface area contributed by atoms with Gasteiger partial charge in [-0.3, -0.25) is 10.6 Å². The lowest BCUT2D eigenvalue weighted by Crippen LogP contribution is -2.17. The second-order valence-corrected chi connectivity index (χ2v) is 1.64. The van der Waals surface area contributed by atoms with Gasteiger partial charge in [-0.1, -0.05) is 0 Å². The summed E-state index contributed by atoms with van der Waals surface area (Å²) in [6.45, 7) is 0. The van der Waals surface area contributed by atoms with Gasteiger partial charge in [-0.15, -0.1) is 0 Å². The van der Waals surface area contributed by atoms with E-state index in [0.29, 0.717) is 0 Å². The average molecular weight is 104 g/mol. The van der Waals surface area contributed by atoms with Crippen LogP contribution >= 0.6 is 11.9 Å². The molecule has 0 amide bonds. The van der Waals surface area contributed by atoms with Gasteiger partial charge in [0.05, 0.1) is 0 Å². The summed E-state index contributed by atoms with van der Waals surface area (Å²) in [6.07, 6.45) is 1.64. The molecular formula is C2H4N2OS. The van der Waals surface area contributed by atoms with E-state index in [-0.39, 0.29) is 0 Å². The van der Waals surface area contributed by atoms with Gasteiger partial charge in [-0.2, -0.15) is 0 Å². The summed E-state index contributed by atoms with van der Waals surface area (Å²) in [5, 5.41) is 10.1. The molecule has 1 heterocycles. The van der Waals surface area contributed by atoms with Crippen molar-refractivity contribution in [3.63, 3.8) is 0 Å². The fraction of sp³-hybridized carbons (Fsp3) is 0. The van der Waals surface area contributed by atoms with Gasteiger partial charge in [0, 0.05) is 23.6 Å². The lowest BCUT2D eigenvalue weighted by atomic mass is 11.1. The predicted molar refractivity (Wildman–Crippen MR) is 23.5 cm³/mol. The SMILES string of the molecule is ON1NC=CS1. The molecule has 0 radical (unpaired) electrons. The van der Waals surface area contributed by atoms with E-state index >= 15 is 0 Å². The molecule has 0 atom stereocenters. The Labute approximate surface area is 39.7 Å². The fourth-order valence-corrected chi connectivity index (χ4v) is 0.571. The van der Waals surface area contributed by atoms with Crippen molar-refractivity contribution < 1.29 is 5.21 Å². The van der Waals surface area contributed by atoms with E-state index in [1.54, 1.807) is 11.6 Å². The minimum Gasteiger partial charge on any atom is -0.293 e. The Kier molecular flexibility index (Phi) is 0.999. The molecular weight excluding hydrogens is 100 g/mol. The third-order valence-electron chi connectivity index (χ3n) is 0.414. The molecule has 0 aromatic rings. The highest BCUT2D eigenvalue weighted by atomic mass is 32.2. The molecule has 6 heavy (non-hydrogen) atoms. The highest BCUT2D eigenvalue weighted by Crippen LogP contribution is 2.08. The van der Waals surface area contributed by atoms with Gasteiger partial charge in [-0.25, -0.2) is 0 Å². The Morgan fingerprint density at radius 2 is 2.67 bits per heavy atom. The van der Waals surface area contributed by atoms with Gasteiger partial charge in [0.15, 0.2) is 0 Å². The van der Waals surface area contributed by atoms with Crippen LogP contribution in [0.15, 0.2) is 11.6 Å². The van der Waals surface area contributed by atoms with Crippen molar-refractivity contribution in [2.24, 2.45) is 0 Å². The maximum absolute atomic E-state index is 8.35. The Morgan fingerprint density at radius 1 is 1.83 bits per heavy atom. The quantitative estimate of drug-likeness (QED) is 0.434. The molecule has 4 heteroatoms. The highest BCUT2D eigenvalue weighted by molar-refractivity contribution is 7.99. The number of hydrazine groups is 1. The van der Waals surface area contributed by atoms with Crippen LogP contribution in [-0.2, 0) is 0 Å². The van der Waals surface area contributed by atoms with Gasteiger partial charge < -0.3 is 0 Å². The summed E-state index contributed by atoms with van der Waals surface area (Å²) in [4.78, 5) is 0. The van der Waals surface area contributed by atoms with Crippen molar-refractivity contribution in [2.45, 2.75) is 0 Å². The van der Waals surface area contributed by atoms with E-state index in [1.165, 1.54) is 11.9 Å². The first-order chi connectivity index (χ1) is 2.89. The monoisotopic (exact) mass is 104 g/mol. The minimum absolute atomic E-state index is 0.917. The summed E-state index contributed by atoms with van der Waals surface area (Å²) in [5.74, 6) is 0. The molecule has 0 bridgehead atoms. The van der Waals surface area contributed by atoms with Crippen molar-refractivity contribution >= 4 is 11.9 Å². The van der Waals surface area contributed by atoms with Crippen LogP contribution < -0.4 is 5.43 Å². The van der Waals surface area contributed by atoms with E-state index in [2.05, 4.69) is 5.43 Å². The van der Waals surface area contributed by atoms with Crippen LogP contribution in [0.25, 0.3) is 0 Å². The van der Waals surface area contributed by atoms with Crippen LogP contribution in [0, 0.1) is 0 Å². The number of hydrogen-bond donors (Lipinski definition) is 2. The molecule has 2 N–H and O–H groups in total. The van der Waals surface area contributed by atoms with Crippen LogP contribution in [0.1, 0.15) is 0 Å².